The van der Waals surface area contributed by atoms with Crippen LogP contribution in [0.5, 0.6) is 0 Å². The van der Waals surface area contributed by atoms with Gasteiger partial charge in [0.15, 0.2) is 0 Å². The Hall–Kier alpha value is -0.140. The molecule has 1 unspecified atom stereocenters. The Balaban J connectivity index is 0.00000180. The Morgan fingerprint density at radius 3 is 2.84 bits per heavy atom. The van der Waals surface area contributed by atoms with Gasteiger partial charge in [-0.1, -0.05) is 6.92 Å². The minimum Gasteiger partial charge on any atom is -0.316 e. The lowest BCUT2D eigenvalue weighted by molar-refractivity contribution is 0.376. The van der Waals surface area contributed by atoms with Crippen molar-refractivity contribution < 1.29 is 8.42 Å². The Labute approximate surface area is 125 Å². The topological polar surface area (TPSA) is 58.2 Å². The lowest BCUT2D eigenvalue weighted by atomic mass is 10.0. The first kappa shape index (κ1) is 16.9. The van der Waals surface area contributed by atoms with Crippen LogP contribution in [0.15, 0.2) is 16.3 Å². The number of hydrogen-bond donors (Lipinski definition) is 2. The molecular weight excluding hydrogens is 304 g/mol. The minimum absolute atomic E-state index is 0. The van der Waals surface area contributed by atoms with Crippen LogP contribution in [0, 0.1) is 5.92 Å². The summed E-state index contributed by atoms with van der Waals surface area (Å²) >= 11 is 1.36. The zero-order chi connectivity index (χ0) is 13.0. The van der Waals surface area contributed by atoms with E-state index < -0.39 is 10.0 Å². The van der Waals surface area contributed by atoms with Crippen LogP contribution in [-0.2, 0) is 16.4 Å². The molecule has 1 saturated heterocycles. The van der Waals surface area contributed by atoms with Crippen LogP contribution in [-0.4, -0.2) is 28.1 Å². The molecule has 0 radical (unpaired) electrons. The third kappa shape index (κ3) is 4.72. The molecular formula is C12H21ClN2O2S2. The summed E-state index contributed by atoms with van der Waals surface area (Å²) in [6.45, 7) is 4.53. The number of piperidine rings is 1. The van der Waals surface area contributed by atoms with Gasteiger partial charge in [0, 0.05) is 11.4 Å². The largest absolute Gasteiger partial charge is 0.316 e. The zero-order valence-corrected chi connectivity index (χ0v) is 13.5. The fraction of sp³-hybridized carbons (Fsp3) is 0.667. The van der Waals surface area contributed by atoms with Crippen LogP contribution in [0.2, 0.25) is 0 Å². The quantitative estimate of drug-likeness (QED) is 0.871. The van der Waals surface area contributed by atoms with Gasteiger partial charge in [0.1, 0.15) is 4.21 Å². The molecule has 1 aromatic rings. The van der Waals surface area contributed by atoms with Crippen molar-refractivity contribution in [3.8, 4) is 0 Å². The number of nitrogens with one attached hydrogen (secondary N) is 2. The summed E-state index contributed by atoms with van der Waals surface area (Å²) in [6.07, 6.45) is 3.11. The molecule has 0 spiro atoms. The molecule has 2 N–H and O–H groups in total. The Morgan fingerprint density at radius 1 is 1.47 bits per heavy atom. The minimum atomic E-state index is -3.31. The van der Waals surface area contributed by atoms with E-state index >= 15 is 0 Å². The molecule has 0 aliphatic carbocycles. The second kappa shape index (κ2) is 7.59. The zero-order valence-electron chi connectivity index (χ0n) is 11.0. The highest BCUT2D eigenvalue weighted by Gasteiger charge is 2.19. The number of thiophene rings is 1. The summed E-state index contributed by atoms with van der Waals surface area (Å²) in [5.41, 5.74) is 0. The summed E-state index contributed by atoms with van der Waals surface area (Å²) in [5, 5.41) is 3.29. The van der Waals surface area contributed by atoms with Gasteiger partial charge in [0.05, 0.1) is 0 Å². The van der Waals surface area contributed by atoms with Gasteiger partial charge in [-0.2, -0.15) is 0 Å². The van der Waals surface area contributed by atoms with E-state index in [0.29, 0.717) is 16.7 Å². The van der Waals surface area contributed by atoms with E-state index in [9.17, 15) is 8.42 Å². The molecule has 0 amide bonds. The predicted octanol–water partition coefficient (Wildman–Crippen LogP) is 2.01. The van der Waals surface area contributed by atoms with Crippen molar-refractivity contribution in [3.63, 3.8) is 0 Å². The van der Waals surface area contributed by atoms with E-state index in [0.717, 1.165) is 37.2 Å². The van der Waals surface area contributed by atoms with Gasteiger partial charge in [-0.15, -0.1) is 23.7 Å². The van der Waals surface area contributed by atoms with Crippen molar-refractivity contribution in [2.75, 3.05) is 19.6 Å². The van der Waals surface area contributed by atoms with E-state index in [2.05, 4.69) is 10.0 Å². The molecule has 1 atom stereocenters. The lowest BCUT2D eigenvalue weighted by Crippen LogP contribution is -2.37. The second-order valence-electron chi connectivity index (χ2n) is 4.64. The Morgan fingerprint density at radius 2 is 2.26 bits per heavy atom. The van der Waals surface area contributed by atoms with Gasteiger partial charge in [-0.05, 0) is 50.4 Å². The van der Waals surface area contributed by atoms with Crippen LogP contribution < -0.4 is 10.0 Å². The normalized spacial score (nSPS) is 19.9. The third-order valence-corrected chi connectivity index (χ3v) is 6.36. The van der Waals surface area contributed by atoms with Crippen LogP contribution in [0.25, 0.3) is 0 Å². The smallest absolute Gasteiger partial charge is 0.250 e. The number of hydrogen-bond acceptors (Lipinski definition) is 4. The highest BCUT2D eigenvalue weighted by Crippen LogP contribution is 2.22. The molecule has 19 heavy (non-hydrogen) atoms. The summed E-state index contributed by atoms with van der Waals surface area (Å²) in [4.78, 5) is 1.11. The maximum absolute atomic E-state index is 12.1. The molecule has 110 valence electrons. The molecule has 1 aliphatic rings. The first-order valence-corrected chi connectivity index (χ1v) is 8.71. The SMILES string of the molecule is CCc1ccc(S(=O)(=O)NCC2CCCNC2)s1.Cl. The van der Waals surface area contributed by atoms with E-state index in [1.807, 2.05) is 13.0 Å². The van der Waals surface area contributed by atoms with Crippen molar-refractivity contribution >= 4 is 33.8 Å². The maximum atomic E-state index is 12.1. The number of rotatable bonds is 5. The van der Waals surface area contributed by atoms with Crippen LogP contribution in [0.1, 0.15) is 24.6 Å². The maximum Gasteiger partial charge on any atom is 0.250 e. The standard InChI is InChI=1S/C12H20N2O2S2.ClH/c1-2-11-5-6-12(17-11)18(15,16)14-9-10-4-3-7-13-8-10;/h5-6,10,13-14H,2-4,7-9H2,1H3;1H. The molecule has 0 aromatic carbocycles. The van der Waals surface area contributed by atoms with Crippen LogP contribution in [0.3, 0.4) is 0 Å². The highest BCUT2D eigenvalue weighted by molar-refractivity contribution is 7.91. The van der Waals surface area contributed by atoms with Crippen molar-refractivity contribution in [2.24, 2.45) is 5.92 Å². The van der Waals surface area contributed by atoms with Gasteiger partial charge in [-0.3, -0.25) is 0 Å². The van der Waals surface area contributed by atoms with Gasteiger partial charge < -0.3 is 5.32 Å². The molecule has 7 heteroatoms. The Kier molecular flexibility index (Phi) is 6.76. The van der Waals surface area contributed by atoms with Gasteiger partial charge >= 0.3 is 0 Å². The molecule has 2 heterocycles. The van der Waals surface area contributed by atoms with Crippen molar-refractivity contribution in [1.29, 1.82) is 0 Å². The summed E-state index contributed by atoms with van der Waals surface area (Å²) in [7, 11) is -3.31. The average Bonchev–Trinajstić information content (AvgIpc) is 2.87. The molecule has 2 rings (SSSR count). The van der Waals surface area contributed by atoms with E-state index in [4.69, 9.17) is 0 Å². The van der Waals surface area contributed by atoms with Crippen molar-refractivity contribution in [2.45, 2.75) is 30.4 Å². The monoisotopic (exact) mass is 324 g/mol. The fourth-order valence-electron chi connectivity index (χ4n) is 2.09. The van der Waals surface area contributed by atoms with E-state index in [1.54, 1.807) is 6.07 Å². The second-order valence-corrected chi connectivity index (χ2v) is 7.80. The number of halogens is 1. The molecule has 1 aliphatic heterocycles. The molecule has 0 saturated carbocycles. The Bertz CT molecular complexity index is 482. The van der Waals surface area contributed by atoms with Crippen molar-refractivity contribution in [1.82, 2.24) is 10.0 Å². The molecule has 1 fully saturated rings. The fourth-order valence-corrected chi connectivity index (χ4v) is 4.55. The van der Waals surface area contributed by atoms with Crippen LogP contribution in [0.4, 0.5) is 0 Å². The molecule has 1 aromatic heterocycles. The molecule has 0 bridgehead atoms. The summed E-state index contributed by atoms with van der Waals surface area (Å²) in [5.74, 6) is 0.416. The predicted molar refractivity (Wildman–Crippen MR) is 81.7 cm³/mol. The van der Waals surface area contributed by atoms with Gasteiger partial charge in [0.2, 0.25) is 10.0 Å². The van der Waals surface area contributed by atoms with Gasteiger partial charge in [0.25, 0.3) is 0 Å². The third-order valence-electron chi connectivity index (χ3n) is 3.21. The average molecular weight is 325 g/mol. The highest BCUT2D eigenvalue weighted by atomic mass is 35.5. The van der Waals surface area contributed by atoms with E-state index in [-0.39, 0.29) is 12.4 Å². The van der Waals surface area contributed by atoms with Crippen LogP contribution >= 0.6 is 23.7 Å². The number of aryl methyl sites for hydroxylation is 1. The van der Waals surface area contributed by atoms with E-state index in [1.165, 1.54) is 11.3 Å². The summed E-state index contributed by atoms with van der Waals surface area (Å²) < 4.78 is 27.3. The summed E-state index contributed by atoms with van der Waals surface area (Å²) in [6, 6.07) is 3.59. The lowest BCUT2D eigenvalue weighted by Gasteiger charge is -2.22. The molecule has 4 nitrogen and oxygen atoms in total. The first-order valence-electron chi connectivity index (χ1n) is 6.41. The van der Waals surface area contributed by atoms with Gasteiger partial charge in [-0.25, -0.2) is 13.1 Å². The number of sulfonamides is 1. The first-order chi connectivity index (χ1) is 8.62. The van der Waals surface area contributed by atoms with Crippen molar-refractivity contribution in [3.05, 3.63) is 17.0 Å².